The predicted molar refractivity (Wildman–Crippen MR) is 90.9 cm³/mol. The van der Waals surface area contributed by atoms with Gasteiger partial charge in [-0.05, 0) is 19.4 Å². The van der Waals surface area contributed by atoms with E-state index in [1.54, 1.807) is 6.92 Å². The maximum absolute atomic E-state index is 12.6. The zero-order valence-corrected chi connectivity index (χ0v) is 14.5. The number of aromatic nitrogens is 3. The Morgan fingerprint density at radius 2 is 1.96 bits per heavy atom. The molecule has 0 aliphatic rings. The number of carbonyl (C=O) groups excluding carboxylic acids is 1. The predicted octanol–water partition coefficient (Wildman–Crippen LogP) is 3.69. The Hall–Kier alpha value is -3.10. The molecule has 142 valence electrons. The van der Waals surface area contributed by atoms with Crippen LogP contribution in [0.4, 0.5) is 13.2 Å². The van der Waals surface area contributed by atoms with Gasteiger partial charge in [0.2, 0.25) is 0 Å². The number of halogens is 3. The molecule has 9 heteroatoms. The fraction of sp³-hybridized carbons (Fsp3) is 0.278. The van der Waals surface area contributed by atoms with Crippen molar-refractivity contribution in [3.05, 3.63) is 59.5 Å². The summed E-state index contributed by atoms with van der Waals surface area (Å²) in [7, 11) is 0. The number of hydrogen-bond donors (Lipinski definition) is 1. The summed E-state index contributed by atoms with van der Waals surface area (Å²) in [4.78, 5) is 12.1. The van der Waals surface area contributed by atoms with Crippen molar-refractivity contribution in [3.8, 4) is 11.3 Å². The molecular formula is C18H17F3N4O2. The highest BCUT2D eigenvalue weighted by Crippen LogP contribution is 2.28. The Morgan fingerprint density at radius 1 is 1.22 bits per heavy atom. The molecule has 3 rings (SSSR count). The summed E-state index contributed by atoms with van der Waals surface area (Å²) in [6.45, 7) is 2.09. The first-order chi connectivity index (χ1) is 12.8. The van der Waals surface area contributed by atoms with E-state index in [9.17, 15) is 18.0 Å². The van der Waals surface area contributed by atoms with Gasteiger partial charge in [-0.1, -0.05) is 35.5 Å². The lowest BCUT2D eigenvalue weighted by atomic mass is 10.1. The van der Waals surface area contributed by atoms with Gasteiger partial charge in [0, 0.05) is 30.4 Å². The molecule has 0 saturated carbocycles. The van der Waals surface area contributed by atoms with Gasteiger partial charge in [-0.25, -0.2) is 0 Å². The van der Waals surface area contributed by atoms with Crippen molar-refractivity contribution in [2.24, 2.45) is 0 Å². The number of benzene rings is 1. The van der Waals surface area contributed by atoms with Crippen molar-refractivity contribution in [1.82, 2.24) is 20.3 Å². The Morgan fingerprint density at radius 3 is 2.63 bits per heavy atom. The van der Waals surface area contributed by atoms with Crippen molar-refractivity contribution in [3.63, 3.8) is 0 Å². The quantitative estimate of drug-likeness (QED) is 0.664. The summed E-state index contributed by atoms with van der Waals surface area (Å²) in [5.41, 5.74) is 0.444. The van der Waals surface area contributed by atoms with Gasteiger partial charge in [0.15, 0.2) is 17.1 Å². The summed E-state index contributed by atoms with van der Waals surface area (Å²) in [5.74, 6) is 0.0710. The number of hydrogen-bond acceptors (Lipinski definition) is 4. The Labute approximate surface area is 153 Å². The van der Waals surface area contributed by atoms with Gasteiger partial charge < -0.3 is 9.84 Å². The molecule has 0 aliphatic heterocycles. The maximum atomic E-state index is 12.6. The Kier molecular flexibility index (Phi) is 5.29. The molecule has 1 N–H and O–H groups in total. The second-order valence-corrected chi connectivity index (χ2v) is 5.94. The Balaban J connectivity index is 1.51. The second-order valence-electron chi connectivity index (χ2n) is 5.94. The fourth-order valence-corrected chi connectivity index (χ4v) is 2.52. The summed E-state index contributed by atoms with van der Waals surface area (Å²) >= 11 is 0. The van der Waals surface area contributed by atoms with Crippen LogP contribution in [0.15, 0.2) is 47.0 Å². The normalized spacial score (nSPS) is 11.6. The lowest BCUT2D eigenvalue weighted by Crippen LogP contribution is -2.25. The van der Waals surface area contributed by atoms with E-state index in [1.807, 2.05) is 30.3 Å². The summed E-state index contributed by atoms with van der Waals surface area (Å²) in [6, 6.07) is 11.8. The minimum atomic E-state index is -4.46. The number of nitrogens with zero attached hydrogens (tertiary/aromatic N) is 3. The number of nitrogens with one attached hydrogen (secondary N) is 1. The van der Waals surface area contributed by atoms with E-state index >= 15 is 0 Å². The smallest absolute Gasteiger partial charge is 0.355 e. The molecule has 27 heavy (non-hydrogen) atoms. The topological polar surface area (TPSA) is 73.0 Å². The molecule has 0 aliphatic carbocycles. The first-order valence-corrected chi connectivity index (χ1v) is 8.26. The molecule has 6 nitrogen and oxygen atoms in total. The number of amides is 1. The average Bonchev–Trinajstić information content (AvgIpc) is 3.26. The molecule has 0 atom stereocenters. The number of carbonyl (C=O) groups is 1. The van der Waals surface area contributed by atoms with Gasteiger partial charge in [-0.3, -0.25) is 9.48 Å². The SMILES string of the molecule is Cc1cc(C(F)(F)F)nn1CCCNC(=O)c1cc(-c2ccccc2)on1. The molecular weight excluding hydrogens is 361 g/mol. The minimum Gasteiger partial charge on any atom is -0.355 e. The largest absolute Gasteiger partial charge is 0.435 e. The Bertz CT molecular complexity index is 916. The van der Waals surface area contributed by atoms with Crippen molar-refractivity contribution in [2.75, 3.05) is 6.54 Å². The van der Waals surface area contributed by atoms with Crippen LogP contribution in [0.2, 0.25) is 0 Å². The molecule has 2 aromatic heterocycles. The summed E-state index contributed by atoms with van der Waals surface area (Å²) < 4.78 is 44.4. The van der Waals surface area contributed by atoms with Crippen molar-refractivity contribution >= 4 is 5.91 Å². The molecule has 1 aromatic carbocycles. The molecule has 0 unspecified atom stereocenters. The standard InChI is InChI=1S/C18H17F3N4O2/c1-12-10-16(18(19,20)21)23-25(12)9-5-8-22-17(26)14-11-15(27-24-14)13-6-3-2-4-7-13/h2-4,6-7,10-11H,5,8-9H2,1H3,(H,22,26). The van der Waals surface area contributed by atoms with E-state index in [1.165, 1.54) is 10.7 Å². The van der Waals surface area contributed by atoms with Crippen LogP contribution in [-0.2, 0) is 12.7 Å². The third-order valence-corrected chi connectivity index (χ3v) is 3.90. The van der Waals surface area contributed by atoms with Gasteiger partial charge in [0.05, 0.1) is 0 Å². The van der Waals surface area contributed by atoms with Crippen molar-refractivity contribution in [1.29, 1.82) is 0 Å². The van der Waals surface area contributed by atoms with Crippen LogP contribution < -0.4 is 5.32 Å². The second kappa shape index (κ2) is 7.65. The minimum absolute atomic E-state index is 0.142. The van der Waals surface area contributed by atoms with Crippen LogP contribution >= 0.6 is 0 Å². The van der Waals surface area contributed by atoms with Crippen LogP contribution in [0.3, 0.4) is 0 Å². The van der Waals surface area contributed by atoms with Crippen molar-refractivity contribution < 1.29 is 22.5 Å². The van der Waals surface area contributed by atoms with E-state index in [0.717, 1.165) is 11.6 Å². The highest BCUT2D eigenvalue weighted by Gasteiger charge is 2.34. The van der Waals surface area contributed by atoms with Gasteiger partial charge in [0.25, 0.3) is 5.91 Å². The molecule has 3 aromatic rings. The molecule has 0 saturated heterocycles. The zero-order valence-electron chi connectivity index (χ0n) is 14.5. The van der Waals surface area contributed by atoms with E-state index in [4.69, 9.17) is 4.52 Å². The number of rotatable bonds is 6. The highest BCUT2D eigenvalue weighted by atomic mass is 19.4. The van der Waals surface area contributed by atoms with Crippen molar-refractivity contribution in [2.45, 2.75) is 26.1 Å². The highest BCUT2D eigenvalue weighted by molar-refractivity contribution is 5.93. The average molecular weight is 378 g/mol. The lowest BCUT2D eigenvalue weighted by Gasteiger charge is -2.05. The van der Waals surface area contributed by atoms with E-state index in [0.29, 0.717) is 17.9 Å². The van der Waals surface area contributed by atoms with Crippen LogP contribution in [-0.4, -0.2) is 27.4 Å². The fourth-order valence-electron chi connectivity index (χ4n) is 2.52. The molecule has 2 heterocycles. The van der Waals surface area contributed by atoms with E-state index < -0.39 is 17.8 Å². The maximum Gasteiger partial charge on any atom is 0.435 e. The lowest BCUT2D eigenvalue weighted by molar-refractivity contribution is -0.141. The monoisotopic (exact) mass is 378 g/mol. The van der Waals surface area contributed by atoms with Crippen LogP contribution in [0, 0.1) is 6.92 Å². The summed E-state index contributed by atoms with van der Waals surface area (Å²) in [5, 5.41) is 9.95. The molecule has 1 amide bonds. The van der Waals surface area contributed by atoms with E-state index in [-0.39, 0.29) is 18.8 Å². The third-order valence-electron chi connectivity index (χ3n) is 3.90. The van der Waals surface area contributed by atoms with Crippen LogP contribution in [0.5, 0.6) is 0 Å². The first-order valence-electron chi connectivity index (χ1n) is 8.26. The molecule has 0 radical (unpaired) electrons. The first kappa shape index (κ1) is 18.7. The number of aryl methyl sites for hydroxylation is 2. The third kappa shape index (κ3) is 4.55. The van der Waals surface area contributed by atoms with Crippen LogP contribution in [0.25, 0.3) is 11.3 Å². The van der Waals surface area contributed by atoms with Crippen LogP contribution in [0.1, 0.15) is 28.3 Å². The van der Waals surface area contributed by atoms with Gasteiger partial charge >= 0.3 is 6.18 Å². The van der Waals surface area contributed by atoms with Gasteiger partial charge in [-0.15, -0.1) is 0 Å². The zero-order chi connectivity index (χ0) is 19.4. The van der Waals surface area contributed by atoms with Gasteiger partial charge in [-0.2, -0.15) is 18.3 Å². The van der Waals surface area contributed by atoms with Gasteiger partial charge in [0.1, 0.15) is 0 Å². The number of alkyl halides is 3. The van der Waals surface area contributed by atoms with E-state index in [2.05, 4.69) is 15.6 Å². The molecule has 0 spiro atoms. The molecule has 0 bridgehead atoms. The summed E-state index contributed by atoms with van der Waals surface area (Å²) in [6.07, 6.45) is -4.04. The molecule has 0 fully saturated rings.